The van der Waals surface area contributed by atoms with E-state index in [9.17, 15) is 0 Å². The highest BCUT2D eigenvalue weighted by Crippen LogP contribution is 2.33. The first kappa shape index (κ1) is 13.0. The average molecular weight is 262 g/mol. The van der Waals surface area contributed by atoms with E-state index in [1.807, 2.05) is 6.92 Å². The first-order valence-corrected chi connectivity index (χ1v) is 5.52. The summed E-state index contributed by atoms with van der Waals surface area (Å²) in [5, 5.41) is 0. The Kier molecular flexibility index (Phi) is 3.74. The first-order valence-electron chi connectivity index (χ1n) is 5.52. The molecule has 100 valence electrons. The van der Waals surface area contributed by atoms with Gasteiger partial charge in [0.05, 0.1) is 21.3 Å². The van der Waals surface area contributed by atoms with Crippen LogP contribution in [-0.2, 0) is 0 Å². The summed E-state index contributed by atoms with van der Waals surface area (Å²) >= 11 is 0. The molecule has 2 aromatic rings. The third-order valence-electron chi connectivity index (χ3n) is 2.43. The van der Waals surface area contributed by atoms with E-state index in [4.69, 9.17) is 14.2 Å². The SMILES string of the molecule is COc1cc(C)nc(-c2c(OC)ncnc2OC)n1. The van der Waals surface area contributed by atoms with Gasteiger partial charge in [0.25, 0.3) is 0 Å². The highest BCUT2D eigenvalue weighted by atomic mass is 16.5. The second-order valence-corrected chi connectivity index (χ2v) is 3.64. The van der Waals surface area contributed by atoms with Crippen LogP contribution in [0.4, 0.5) is 0 Å². The van der Waals surface area contributed by atoms with Gasteiger partial charge < -0.3 is 14.2 Å². The molecule has 0 spiro atoms. The van der Waals surface area contributed by atoms with Crippen molar-refractivity contribution in [2.24, 2.45) is 0 Å². The molecule has 0 aliphatic rings. The van der Waals surface area contributed by atoms with Gasteiger partial charge in [0.2, 0.25) is 17.6 Å². The minimum absolute atomic E-state index is 0.347. The number of ether oxygens (including phenoxy) is 3. The van der Waals surface area contributed by atoms with Crippen LogP contribution < -0.4 is 14.2 Å². The van der Waals surface area contributed by atoms with E-state index in [-0.39, 0.29) is 0 Å². The summed E-state index contributed by atoms with van der Waals surface area (Å²) in [7, 11) is 4.57. The number of rotatable bonds is 4. The number of aryl methyl sites for hydroxylation is 1. The molecule has 0 atom stereocenters. The summed E-state index contributed by atoms with van der Waals surface area (Å²) in [4.78, 5) is 16.7. The molecule has 2 rings (SSSR count). The molecule has 2 heterocycles. The molecule has 0 fully saturated rings. The van der Waals surface area contributed by atoms with Crippen molar-refractivity contribution in [2.75, 3.05) is 21.3 Å². The Morgan fingerprint density at radius 2 is 1.53 bits per heavy atom. The lowest BCUT2D eigenvalue weighted by molar-refractivity contribution is 0.373. The molecule has 0 unspecified atom stereocenters. The highest BCUT2D eigenvalue weighted by molar-refractivity contribution is 5.67. The zero-order chi connectivity index (χ0) is 13.8. The van der Waals surface area contributed by atoms with Gasteiger partial charge in [0.15, 0.2) is 5.82 Å². The summed E-state index contributed by atoms with van der Waals surface area (Å²) in [5.41, 5.74) is 1.25. The zero-order valence-corrected chi connectivity index (χ0v) is 11.2. The number of hydrogen-bond donors (Lipinski definition) is 0. The van der Waals surface area contributed by atoms with E-state index >= 15 is 0 Å². The zero-order valence-electron chi connectivity index (χ0n) is 11.2. The van der Waals surface area contributed by atoms with Crippen molar-refractivity contribution in [2.45, 2.75) is 6.92 Å². The van der Waals surface area contributed by atoms with E-state index in [1.54, 1.807) is 13.2 Å². The molecule has 0 saturated carbocycles. The van der Waals surface area contributed by atoms with Gasteiger partial charge >= 0.3 is 0 Å². The molecular formula is C12H14N4O3. The third-order valence-corrected chi connectivity index (χ3v) is 2.43. The first-order chi connectivity index (χ1) is 9.19. The van der Waals surface area contributed by atoms with Gasteiger partial charge in [-0.15, -0.1) is 0 Å². The predicted octanol–water partition coefficient (Wildman–Crippen LogP) is 1.27. The normalized spacial score (nSPS) is 10.1. The second kappa shape index (κ2) is 5.47. The van der Waals surface area contributed by atoms with Crippen molar-refractivity contribution < 1.29 is 14.2 Å². The summed E-state index contributed by atoms with van der Waals surface area (Å²) in [6.07, 6.45) is 1.36. The Bertz CT molecular complexity index is 567. The molecule has 0 radical (unpaired) electrons. The minimum Gasteiger partial charge on any atom is -0.481 e. The Hall–Kier alpha value is -2.44. The maximum absolute atomic E-state index is 5.20. The number of hydrogen-bond acceptors (Lipinski definition) is 7. The van der Waals surface area contributed by atoms with Gasteiger partial charge in [0, 0.05) is 11.8 Å². The van der Waals surface area contributed by atoms with Gasteiger partial charge in [-0.1, -0.05) is 0 Å². The maximum atomic E-state index is 5.20. The monoisotopic (exact) mass is 262 g/mol. The van der Waals surface area contributed by atoms with Crippen molar-refractivity contribution in [3.8, 4) is 29.0 Å². The summed E-state index contributed by atoms with van der Waals surface area (Å²) in [6, 6.07) is 1.73. The van der Waals surface area contributed by atoms with Gasteiger partial charge in [-0.3, -0.25) is 0 Å². The van der Waals surface area contributed by atoms with Crippen LogP contribution in [0.3, 0.4) is 0 Å². The quantitative estimate of drug-likeness (QED) is 0.820. The second-order valence-electron chi connectivity index (χ2n) is 3.64. The number of nitrogens with zero attached hydrogens (tertiary/aromatic N) is 4. The third kappa shape index (κ3) is 2.54. The Balaban J connectivity index is 2.66. The maximum Gasteiger partial charge on any atom is 0.231 e. The van der Waals surface area contributed by atoms with E-state index in [0.717, 1.165) is 5.69 Å². The molecule has 0 aliphatic heterocycles. The van der Waals surface area contributed by atoms with Crippen LogP contribution in [0, 0.1) is 6.92 Å². The van der Waals surface area contributed by atoms with E-state index in [2.05, 4.69) is 19.9 Å². The lowest BCUT2D eigenvalue weighted by Gasteiger charge is -2.10. The molecule has 19 heavy (non-hydrogen) atoms. The highest BCUT2D eigenvalue weighted by Gasteiger charge is 2.19. The summed E-state index contributed by atoms with van der Waals surface area (Å²) in [6.45, 7) is 1.84. The Labute approximate surface area is 110 Å². The van der Waals surface area contributed by atoms with Crippen molar-refractivity contribution in [1.29, 1.82) is 0 Å². The smallest absolute Gasteiger partial charge is 0.231 e. The van der Waals surface area contributed by atoms with Gasteiger partial charge in [-0.25, -0.2) is 15.0 Å². The van der Waals surface area contributed by atoms with E-state index in [0.29, 0.717) is 29.0 Å². The molecule has 2 aromatic heterocycles. The fourth-order valence-corrected chi connectivity index (χ4v) is 1.61. The summed E-state index contributed by atoms with van der Waals surface area (Å²) in [5.74, 6) is 1.54. The minimum atomic E-state index is 0.347. The molecular weight excluding hydrogens is 248 g/mol. The van der Waals surface area contributed by atoms with Crippen molar-refractivity contribution in [1.82, 2.24) is 19.9 Å². The molecule has 0 amide bonds. The van der Waals surface area contributed by atoms with Crippen LogP contribution >= 0.6 is 0 Å². The molecule has 7 heteroatoms. The predicted molar refractivity (Wildman–Crippen MR) is 67.5 cm³/mol. The molecule has 7 nitrogen and oxygen atoms in total. The number of aromatic nitrogens is 4. The van der Waals surface area contributed by atoms with Crippen LogP contribution in [0.5, 0.6) is 17.6 Å². The average Bonchev–Trinajstić information content (AvgIpc) is 2.45. The van der Waals surface area contributed by atoms with Crippen LogP contribution in [-0.4, -0.2) is 41.3 Å². The van der Waals surface area contributed by atoms with Crippen molar-refractivity contribution in [3.63, 3.8) is 0 Å². The van der Waals surface area contributed by atoms with Gasteiger partial charge in [-0.05, 0) is 6.92 Å². The molecule has 0 saturated heterocycles. The fraction of sp³-hybridized carbons (Fsp3) is 0.333. The van der Waals surface area contributed by atoms with E-state index < -0.39 is 0 Å². The van der Waals surface area contributed by atoms with Gasteiger partial charge in [-0.2, -0.15) is 4.98 Å². The van der Waals surface area contributed by atoms with Crippen LogP contribution in [0.25, 0.3) is 11.4 Å². The molecule has 0 aromatic carbocycles. The Morgan fingerprint density at radius 3 is 2.05 bits per heavy atom. The molecule has 0 aliphatic carbocycles. The van der Waals surface area contributed by atoms with Crippen LogP contribution in [0.2, 0.25) is 0 Å². The van der Waals surface area contributed by atoms with Crippen molar-refractivity contribution >= 4 is 0 Å². The Morgan fingerprint density at radius 1 is 0.895 bits per heavy atom. The van der Waals surface area contributed by atoms with E-state index in [1.165, 1.54) is 20.5 Å². The lowest BCUT2D eigenvalue weighted by Crippen LogP contribution is -2.02. The summed E-state index contributed by atoms with van der Waals surface area (Å²) < 4.78 is 15.5. The van der Waals surface area contributed by atoms with Gasteiger partial charge in [0.1, 0.15) is 11.9 Å². The molecule has 0 N–H and O–H groups in total. The van der Waals surface area contributed by atoms with Crippen molar-refractivity contribution in [3.05, 3.63) is 18.1 Å². The number of methoxy groups -OCH3 is 3. The largest absolute Gasteiger partial charge is 0.481 e. The molecule has 0 bridgehead atoms. The topological polar surface area (TPSA) is 79.2 Å². The van der Waals surface area contributed by atoms with Crippen LogP contribution in [0.15, 0.2) is 12.4 Å². The standard InChI is InChI=1S/C12H14N4O3/c1-7-5-8(17-2)16-10(15-7)9-11(18-3)13-6-14-12(9)19-4/h5-6H,1-4H3. The van der Waals surface area contributed by atoms with Crippen LogP contribution in [0.1, 0.15) is 5.69 Å². The lowest BCUT2D eigenvalue weighted by atomic mass is 10.2. The fourth-order valence-electron chi connectivity index (χ4n) is 1.61.